The van der Waals surface area contributed by atoms with E-state index in [-0.39, 0.29) is 30.3 Å². The van der Waals surface area contributed by atoms with Crippen molar-refractivity contribution in [2.75, 3.05) is 19.6 Å². The van der Waals surface area contributed by atoms with Crippen LogP contribution in [0.4, 0.5) is 4.39 Å². The second kappa shape index (κ2) is 11.7. The highest BCUT2D eigenvalue weighted by Gasteiger charge is 2.37. The second-order valence-electron chi connectivity index (χ2n) is 9.53. The van der Waals surface area contributed by atoms with Crippen molar-refractivity contribution in [2.45, 2.75) is 62.8 Å². The molecule has 2 fully saturated rings. The van der Waals surface area contributed by atoms with Gasteiger partial charge in [0.15, 0.2) is 0 Å². The number of amides is 2. The molecule has 2 amide bonds. The predicted molar refractivity (Wildman–Crippen MR) is 130 cm³/mol. The van der Waals surface area contributed by atoms with Gasteiger partial charge in [0.1, 0.15) is 11.9 Å². The Balaban J connectivity index is 1.30. The number of aliphatic hydroxyl groups is 2. The number of hydrogen-bond acceptors (Lipinski definition) is 5. The van der Waals surface area contributed by atoms with E-state index in [0.29, 0.717) is 68.4 Å². The molecule has 1 aliphatic heterocycles. The molecule has 2 aliphatic rings. The fourth-order valence-corrected chi connectivity index (χ4v) is 4.66. The number of piperidine rings is 1. The number of carbonyl (C=O) groups excluding carboxylic acids is 2. The zero-order valence-corrected chi connectivity index (χ0v) is 19.8. The maximum atomic E-state index is 13.2. The number of benzene rings is 2. The number of rotatable bonds is 10. The number of nitrogens with one attached hydrogen (secondary N) is 2. The predicted octanol–water partition coefficient (Wildman–Crippen LogP) is 2.33. The Labute approximate surface area is 205 Å². The van der Waals surface area contributed by atoms with Gasteiger partial charge < -0.3 is 25.7 Å². The zero-order chi connectivity index (χ0) is 24.8. The van der Waals surface area contributed by atoms with Crippen molar-refractivity contribution in [3.63, 3.8) is 0 Å². The Bertz CT molecular complexity index is 990. The van der Waals surface area contributed by atoms with E-state index in [0.717, 1.165) is 12.0 Å². The summed E-state index contributed by atoms with van der Waals surface area (Å²) >= 11 is 0. The minimum atomic E-state index is -0.649. The molecule has 0 spiro atoms. The molecule has 188 valence electrons. The quantitative estimate of drug-likeness (QED) is 0.389. The first-order chi connectivity index (χ1) is 16.9. The summed E-state index contributed by atoms with van der Waals surface area (Å²) in [6.45, 7) is 1.58. The van der Waals surface area contributed by atoms with Gasteiger partial charge in [0.2, 0.25) is 5.91 Å². The smallest absolute Gasteiger partial charge is 0.251 e. The molecule has 2 aromatic rings. The summed E-state index contributed by atoms with van der Waals surface area (Å²) in [5, 5.41) is 25.4. The summed E-state index contributed by atoms with van der Waals surface area (Å²) in [5.74, 6) is -0.289. The topological polar surface area (TPSA) is 102 Å². The van der Waals surface area contributed by atoms with Gasteiger partial charge >= 0.3 is 0 Å². The Hall–Kier alpha value is -2.81. The average molecular weight is 484 g/mol. The second-order valence-corrected chi connectivity index (χ2v) is 9.53. The van der Waals surface area contributed by atoms with Crippen LogP contribution in [-0.4, -0.2) is 64.7 Å². The maximum absolute atomic E-state index is 13.2. The van der Waals surface area contributed by atoms with Gasteiger partial charge in [-0.15, -0.1) is 0 Å². The van der Waals surface area contributed by atoms with Crippen LogP contribution >= 0.6 is 0 Å². The molecule has 4 rings (SSSR count). The molecule has 0 bridgehead atoms. The molecule has 1 heterocycles. The fraction of sp³-hybridized carbons (Fsp3) is 0.481. The Morgan fingerprint density at radius 1 is 1.06 bits per heavy atom. The van der Waals surface area contributed by atoms with Crippen LogP contribution in [0.25, 0.3) is 0 Å². The van der Waals surface area contributed by atoms with Crippen molar-refractivity contribution < 1.29 is 24.2 Å². The molecular weight excluding hydrogens is 449 g/mol. The molecule has 0 unspecified atom stereocenters. The van der Waals surface area contributed by atoms with E-state index in [1.165, 1.54) is 12.1 Å². The van der Waals surface area contributed by atoms with Gasteiger partial charge in [-0.25, -0.2) is 4.39 Å². The average Bonchev–Trinajstić information content (AvgIpc) is 3.66. The molecular formula is C27H34FN3O4. The molecule has 3 atom stereocenters. The molecule has 1 saturated heterocycles. The molecule has 4 N–H and O–H groups in total. The number of aliphatic hydroxyl groups excluding tert-OH is 2. The lowest BCUT2D eigenvalue weighted by atomic mass is 10.0. The molecule has 2 aromatic carbocycles. The SMILES string of the molecule is O=C(N[C@@H](CCCN[C@@H]1C[C@H]1c1ccc(F)cc1)C(=O)N1CCC(O)CC1)c1ccc(CO)cc1. The summed E-state index contributed by atoms with van der Waals surface area (Å²) in [4.78, 5) is 27.8. The maximum Gasteiger partial charge on any atom is 0.251 e. The van der Waals surface area contributed by atoms with E-state index in [4.69, 9.17) is 0 Å². The summed E-state index contributed by atoms with van der Waals surface area (Å²) in [5.41, 5.74) is 2.28. The molecule has 35 heavy (non-hydrogen) atoms. The number of likely N-dealkylation sites (tertiary alicyclic amines) is 1. The van der Waals surface area contributed by atoms with E-state index in [2.05, 4.69) is 10.6 Å². The highest BCUT2D eigenvalue weighted by atomic mass is 19.1. The Morgan fingerprint density at radius 2 is 1.74 bits per heavy atom. The van der Waals surface area contributed by atoms with E-state index in [1.54, 1.807) is 29.2 Å². The van der Waals surface area contributed by atoms with Crippen LogP contribution in [0, 0.1) is 5.82 Å². The highest BCUT2D eigenvalue weighted by Crippen LogP contribution is 2.40. The van der Waals surface area contributed by atoms with Crippen LogP contribution in [0.2, 0.25) is 0 Å². The third-order valence-electron chi connectivity index (χ3n) is 6.94. The van der Waals surface area contributed by atoms with Crippen LogP contribution in [0.15, 0.2) is 48.5 Å². The van der Waals surface area contributed by atoms with Gasteiger partial charge in [0, 0.05) is 30.6 Å². The number of halogens is 1. The summed E-state index contributed by atoms with van der Waals surface area (Å²) < 4.78 is 13.1. The van der Waals surface area contributed by atoms with Crippen molar-refractivity contribution >= 4 is 11.8 Å². The minimum absolute atomic E-state index is 0.0974. The Morgan fingerprint density at radius 3 is 2.40 bits per heavy atom. The molecule has 7 nitrogen and oxygen atoms in total. The van der Waals surface area contributed by atoms with Gasteiger partial charge in [-0.05, 0) is 74.0 Å². The molecule has 1 aliphatic carbocycles. The summed E-state index contributed by atoms with van der Waals surface area (Å²) in [7, 11) is 0. The number of hydrogen-bond donors (Lipinski definition) is 4. The van der Waals surface area contributed by atoms with E-state index < -0.39 is 6.04 Å². The first-order valence-corrected chi connectivity index (χ1v) is 12.4. The van der Waals surface area contributed by atoms with Crippen LogP contribution in [0.5, 0.6) is 0 Å². The van der Waals surface area contributed by atoms with Crippen LogP contribution in [0.1, 0.15) is 59.5 Å². The number of nitrogens with zero attached hydrogens (tertiary/aromatic N) is 1. The lowest BCUT2D eigenvalue weighted by Gasteiger charge is -2.32. The fourth-order valence-electron chi connectivity index (χ4n) is 4.66. The lowest BCUT2D eigenvalue weighted by Crippen LogP contribution is -2.51. The molecule has 0 radical (unpaired) electrons. The third kappa shape index (κ3) is 6.87. The summed E-state index contributed by atoms with van der Waals surface area (Å²) in [6.07, 6.45) is 2.92. The minimum Gasteiger partial charge on any atom is -0.393 e. The third-order valence-corrected chi connectivity index (χ3v) is 6.94. The lowest BCUT2D eigenvalue weighted by molar-refractivity contribution is -0.135. The summed E-state index contributed by atoms with van der Waals surface area (Å²) in [6, 6.07) is 13.0. The van der Waals surface area contributed by atoms with Crippen LogP contribution in [-0.2, 0) is 11.4 Å². The van der Waals surface area contributed by atoms with Gasteiger partial charge in [0.25, 0.3) is 5.91 Å². The molecule has 8 heteroatoms. The number of carbonyl (C=O) groups is 2. The van der Waals surface area contributed by atoms with E-state index >= 15 is 0 Å². The van der Waals surface area contributed by atoms with Crippen LogP contribution in [0.3, 0.4) is 0 Å². The van der Waals surface area contributed by atoms with Gasteiger partial charge in [0.05, 0.1) is 12.7 Å². The molecule has 0 aromatic heterocycles. The monoisotopic (exact) mass is 483 g/mol. The van der Waals surface area contributed by atoms with Crippen molar-refractivity contribution in [2.24, 2.45) is 0 Å². The van der Waals surface area contributed by atoms with Crippen molar-refractivity contribution in [3.05, 3.63) is 71.0 Å². The van der Waals surface area contributed by atoms with Crippen LogP contribution < -0.4 is 10.6 Å². The van der Waals surface area contributed by atoms with Crippen molar-refractivity contribution in [1.82, 2.24) is 15.5 Å². The van der Waals surface area contributed by atoms with Crippen molar-refractivity contribution in [1.29, 1.82) is 0 Å². The zero-order valence-electron chi connectivity index (χ0n) is 19.8. The highest BCUT2D eigenvalue weighted by molar-refractivity contribution is 5.97. The largest absolute Gasteiger partial charge is 0.393 e. The van der Waals surface area contributed by atoms with Gasteiger partial charge in [-0.2, -0.15) is 0 Å². The first-order valence-electron chi connectivity index (χ1n) is 12.4. The molecule has 1 saturated carbocycles. The standard InChI is InChI=1S/C27H34FN3O4/c28-21-9-7-19(8-10-21)23-16-25(23)29-13-1-2-24(27(35)31-14-11-22(33)12-15-31)30-26(34)20-5-3-18(17-32)4-6-20/h3-10,22-25,29,32-33H,1-2,11-17H2,(H,30,34)/t23-,24-,25+/m0/s1. The van der Waals surface area contributed by atoms with Crippen molar-refractivity contribution in [3.8, 4) is 0 Å². The Kier molecular flexibility index (Phi) is 8.49. The van der Waals surface area contributed by atoms with E-state index in [9.17, 15) is 24.2 Å². The van der Waals surface area contributed by atoms with E-state index in [1.807, 2.05) is 12.1 Å². The normalized spacial score (nSPS) is 20.9. The van der Waals surface area contributed by atoms with Gasteiger partial charge in [-0.3, -0.25) is 9.59 Å². The first kappa shape index (κ1) is 25.3. The van der Waals surface area contributed by atoms with Gasteiger partial charge in [-0.1, -0.05) is 24.3 Å².